The zero-order chi connectivity index (χ0) is 15.4. The van der Waals surface area contributed by atoms with E-state index in [4.69, 9.17) is 9.47 Å². The van der Waals surface area contributed by atoms with Gasteiger partial charge < -0.3 is 20.1 Å². The molecule has 1 aromatic rings. The van der Waals surface area contributed by atoms with Gasteiger partial charge in [0.15, 0.2) is 0 Å². The molecule has 1 unspecified atom stereocenters. The van der Waals surface area contributed by atoms with Gasteiger partial charge in [-0.1, -0.05) is 12.1 Å². The van der Waals surface area contributed by atoms with Crippen LogP contribution in [0.2, 0.25) is 0 Å². The molecule has 0 radical (unpaired) electrons. The molecule has 0 aromatic heterocycles. The fourth-order valence-electron chi connectivity index (χ4n) is 3.06. The molecule has 3 rings (SSSR count). The van der Waals surface area contributed by atoms with E-state index in [0.717, 1.165) is 43.9 Å². The summed E-state index contributed by atoms with van der Waals surface area (Å²) < 4.78 is 11.3. The third-order valence-corrected chi connectivity index (χ3v) is 4.32. The van der Waals surface area contributed by atoms with Crippen molar-refractivity contribution in [1.29, 1.82) is 0 Å². The number of nitrogens with one attached hydrogen (secondary N) is 2. The Bertz CT molecular complexity index is 514. The molecule has 2 aliphatic rings. The smallest absolute Gasteiger partial charge is 0.227 e. The molecule has 5 heteroatoms. The van der Waals surface area contributed by atoms with Crippen molar-refractivity contribution >= 4 is 11.6 Å². The number of rotatable bonds is 4. The molecule has 3 atom stereocenters. The van der Waals surface area contributed by atoms with Gasteiger partial charge in [0.25, 0.3) is 0 Å². The fraction of sp³-hybridized carbons (Fsp3) is 0.588. The lowest BCUT2D eigenvalue weighted by molar-refractivity contribution is -0.120. The topological polar surface area (TPSA) is 59.6 Å². The maximum absolute atomic E-state index is 12.5. The van der Waals surface area contributed by atoms with E-state index in [1.807, 2.05) is 24.3 Å². The van der Waals surface area contributed by atoms with Gasteiger partial charge in [-0.3, -0.25) is 4.79 Å². The van der Waals surface area contributed by atoms with Crippen molar-refractivity contribution in [3.8, 4) is 5.75 Å². The lowest BCUT2D eigenvalue weighted by atomic mass is 9.92. The summed E-state index contributed by atoms with van der Waals surface area (Å²) in [5.41, 5.74) is 0.755. The maximum atomic E-state index is 12.5. The Labute approximate surface area is 131 Å². The van der Waals surface area contributed by atoms with E-state index in [0.29, 0.717) is 12.6 Å². The molecule has 0 spiro atoms. The molecule has 1 amide bonds. The van der Waals surface area contributed by atoms with Gasteiger partial charge in [0.05, 0.1) is 18.9 Å². The Morgan fingerprint density at radius 1 is 1.36 bits per heavy atom. The first-order valence-corrected chi connectivity index (χ1v) is 8.10. The van der Waals surface area contributed by atoms with Crippen LogP contribution in [0.1, 0.15) is 26.2 Å². The Balaban J connectivity index is 1.64. The van der Waals surface area contributed by atoms with Gasteiger partial charge in [0.2, 0.25) is 5.91 Å². The standard InChI is InChI=1S/C17H24N2O3/c1-12-10-13(6-8-18-12)17(20)19-15-4-2-3-5-16(15)22-14-7-9-21-11-14/h2-5,12-14,18H,6-11H2,1H3,(H,19,20)/t12-,13-,14?/m0/s1. The molecule has 2 N–H and O–H groups in total. The minimum atomic E-state index is 0.0686. The number of hydrogen-bond donors (Lipinski definition) is 2. The highest BCUT2D eigenvalue weighted by Crippen LogP contribution is 2.28. The molecule has 2 aliphatic heterocycles. The number of carbonyl (C=O) groups excluding carboxylic acids is 1. The molecule has 22 heavy (non-hydrogen) atoms. The second kappa shape index (κ2) is 7.11. The van der Waals surface area contributed by atoms with E-state index in [9.17, 15) is 4.79 Å². The Morgan fingerprint density at radius 3 is 3.00 bits per heavy atom. The summed E-state index contributed by atoms with van der Waals surface area (Å²) >= 11 is 0. The van der Waals surface area contributed by atoms with Gasteiger partial charge in [-0.2, -0.15) is 0 Å². The lowest BCUT2D eigenvalue weighted by Crippen LogP contribution is -2.40. The molecule has 120 valence electrons. The second-order valence-corrected chi connectivity index (χ2v) is 6.17. The van der Waals surface area contributed by atoms with Crippen LogP contribution in [0, 0.1) is 5.92 Å². The van der Waals surface area contributed by atoms with E-state index in [1.54, 1.807) is 0 Å². The minimum Gasteiger partial charge on any atom is -0.486 e. The maximum Gasteiger partial charge on any atom is 0.227 e. The van der Waals surface area contributed by atoms with Gasteiger partial charge in [0, 0.05) is 18.4 Å². The van der Waals surface area contributed by atoms with Crippen molar-refractivity contribution in [3.05, 3.63) is 24.3 Å². The van der Waals surface area contributed by atoms with E-state index in [1.165, 1.54) is 0 Å². The molecule has 2 heterocycles. The predicted octanol–water partition coefficient (Wildman–Crippen LogP) is 2.18. The van der Waals surface area contributed by atoms with Crippen LogP contribution in [0.25, 0.3) is 0 Å². The Kier molecular flexibility index (Phi) is 4.95. The number of hydrogen-bond acceptors (Lipinski definition) is 4. The molecule has 2 saturated heterocycles. The second-order valence-electron chi connectivity index (χ2n) is 6.17. The average Bonchev–Trinajstić information content (AvgIpc) is 3.02. The van der Waals surface area contributed by atoms with Crippen molar-refractivity contribution < 1.29 is 14.3 Å². The van der Waals surface area contributed by atoms with Crippen LogP contribution in [-0.4, -0.2) is 37.8 Å². The van der Waals surface area contributed by atoms with Crippen LogP contribution in [0.4, 0.5) is 5.69 Å². The molecule has 0 aliphatic carbocycles. The number of piperidine rings is 1. The highest BCUT2D eigenvalue weighted by molar-refractivity contribution is 5.94. The fourth-order valence-corrected chi connectivity index (χ4v) is 3.06. The van der Waals surface area contributed by atoms with Gasteiger partial charge in [0.1, 0.15) is 11.9 Å². The number of carbonyl (C=O) groups is 1. The first-order chi connectivity index (χ1) is 10.7. The van der Waals surface area contributed by atoms with E-state index in [2.05, 4.69) is 17.6 Å². The highest BCUT2D eigenvalue weighted by atomic mass is 16.5. The van der Waals surface area contributed by atoms with Crippen LogP contribution in [0.5, 0.6) is 5.75 Å². The quantitative estimate of drug-likeness (QED) is 0.895. The molecule has 2 fully saturated rings. The van der Waals surface area contributed by atoms with E-state index >= 15 is 0 Å². The zero-order valence-electron chi connectivity index (χ0n) is 13.0. The summed E-state index contributed by atoms with van der Waals surface area (Å²) in [6.07, 6.45) is 2.74. The molecule has 0 bridgehead atoms. The van der Waals surface area contributed by atoms with Crippen molar-refractivity contribution in [1.82, 2.24) is 5.32 Å². The summed E-state index contributed by atoms with van der Waals surface area (Å²) in [6, 6.07) is 8.03. The Morgan fingerprint density at radius 2 is 2.23 bits per heavy atom. The first-order valence-electron chi connectivity index (χ1n) is 8.10. The summed E-state index contributed by atoms with van der Waals surface area (Å²) in [7, 11) is 0. The van der Waals surface area contributed by atoms with Crippen molar-refractivity contribution in [2.75, 3.05) is 25.1 Å². The molecule has 5 nitrogen and oxygen atoms in total. The summed E-state index contributed by atoms with van der Waals surface area (Å²) in [6.45, 7) is 4.38. The average molecular weight is 304 g/mol. The third-order valence-electron chi connectivity index (χ3n) is 4.32. The summed E-state index contributed by atoms with van der Waals surface area (Å²) in [5, 5.41) is 6.41. The van der Waals surface area contributed by atoms with Crippen LogP contribution in [0.15, 0.2) is 24.3 Å². The molecule has 0 saturated carbocycles. The number of ether oxygens (including phenoxy) is 2. The molecular weight excluding hydrogens is 280 g/mol. The number of benzene rings is 1. The number of amides is 1. The molecule has 1 aromatic carbocycles. The highest BCUT2D eigenvalue weighted by Gasteiger charge is 2.26. The largest absolute Gasteiger partial charge is 0.486 e. The van der Waals surface area contributed by atoms with Gasteiger partial charge in [-0.05, 0) is 38.4 Å². The summed E-state index contributed by atoms with van der Waals surface area (Å²) in [4.78, 5) is 12.5. The van der Waals surface area contributed by atoms with Crippen LogP contribution in [0.3, 0.4) is 0 Å². The lowest BCUT2D eigenvalue weighted by Gasteiger charge is -2.27. The Hall–Kier alpha value is -1.59. The van der Waals surface area contributed by atoms with E-state index < -0.39 is 0 Å². The number of anilines is 1. The number of para-hydroxylation sites is 2. The van der Waals surface area contributed by atoms with Crippen LogP contribution >= 0.6 is 0 Å². The third kappa shape index (κ3) is 3.78. The predicted molar refractivity (Wildman–Crippen MR) is 85.1 cm³/mol. The van der Waals surface area contributed by atoms with Crippen molar-refractivity contribution in [2.24, 2.45) is 5.92 Å². The van der Waals surface area contributed by atoms with Crippen LogP contribution in [-0.2, 0) is 9.53 Å². The van der Waals surface area contributed by atoms with Gasteiger partial charge in [-0.15, -0.1) is 0 Å². The first kappa shape index (κ1) is 15.3. The normalized spacial score (nSPS) is 28.3. The van der Waals surface area contributed by atoms with Crippen LogP contribution < -0.4 is 15.4 Å². The van der Waals surface area contributed by atoms with Crippen molar-refractivity contribution in [3.63, 3.8) is 0 Å². The van der Waals surface area contributed by atoms with Gasteiger partial charge in [-0.25, -0.2) is 0 Å². The monoisotopic (exact) mass is 304 g/mol. The SMILES string of the molecule is C[C@H]1C[C@@H](C(=O)Nc2ccccc2OC2CCOC2)CCN1. The van der Waals surface area contributed by atoms with Gasteiger partial charge >= 0.3 is 0 Å². The van der Waals surface area contributed by atoms with Crippen molar-refractivity contribution in [2.45, 2.75) is 38.3 Å². The summed E-state index contributed by atoms with van der Waals surface area (Å²) in [5.74, 6) is 0.888. The molecular formula is C17H24N2O3. The minimum absolute atomic E-state index is 0.0686. The van der Waals surface area contributed by atoms with E-state index in [-0.39, 0.29) is 17.9 Å². The zero-order valence-corrected chi connectivity index (χ0v) is 13.0.